The van der Waals surface area contributed by atoms with Crippen LogP contribution in [-0.4, -0.2) is 46.0 Å². The SMILES string of the molecule is CNc1nc(N(CC(F)(F)F)C2CC2)c2cn[nH]c2n1. The van der Waals surface area contributed by atoms with Gasteiger partial charge in [-0.05, 0) is 12.8 Å². The Labute approximate surface area is 112 Å². The molecule has 2 aromatic rings. The molecule has 108 valence electrons. The van der Waals surface area contributed by atoms with Crippen LogP contribution in [0, 0.1) is 0 Å². The number of aromatic amines is 1. The van der Waals surface area contributed by atoms with E-state index in [1.165, 1.54) is 11.1 Å². The first kappa shape index (κ1) is 12.9. The van der Waals surface area contributed by atoms with Gasteiger partial charge in [-0.1, -0.05) is 0 Å². The summed E-state index contributed by atoms with van der Waals surface area (Å²) >= 11 is 0. The number of hydrogen-bond acceptors (Lipinski definition) is 5. The number of halogens is 3. The normalized spacial score (nSPS) is 15.6. The predicted molar refractivity (Wildman–Crippen MR) is 67.7 cm³/mol. The average molecular weight is 286 g/mol. The van der Waals surface area contributed by atoms with Gasteiger partial charge in [0.1, 0.15) is 12.4 Å². The fraction of sp³-hybridized carbons (Fsp3) is 0.545. The van der Waals surface area contributed by atoms with Gasteiger partial charge in [0.2, 0.25) is 5.95 Å². The second kappa shape index (κ2) is 4.50. The van der Waals surface area contributed by atoms with Crippen molar-refractivity contribution in [2.75, 3.05) is 23.8 Å². The summed E-state index contributed by atoms with van der Waals surface area (Å²) in [5.41, 5.74) is 0.423. The van der Waals surface area contributed by atoms with Crippen LogP contribution in [0.1, 0.15) is 12.8 Å². The summed E-state index contributed by atoms with van der Waals surface area (Å²) in [7, 11) is 1.62. The number of rotatable bonds is 4. The minimum Gasteiger partial charge on any atom is -0.357 e. The van der Waals surface area contributed by atoms with Crippen LogP contribution in [0.15, 0.2) is 6.20 Å². The van der Waals surface area contributed by atoms with Crippen molar-refractivity contribution in [2.24, 2.45) is 0 Å². The zero-order valence-corrected chi connectivity index (χ0v) is 10.7. The van der Waals surface area contributed by atoms with E-state index in [9.17, 15) is 13.2 Å². The van der Waals surface area contributed by atoms with Gasteiger partial charge >= 0.3 is 6.18 Å². The fourth-order valence-electron chi connectivity index (χ4n) is 2.11. The standard InChI is InChI=1S/C11H13F3N6/c1-15-10-17-8-7(4-16-19-8)9(18-10)20(6-2-3-6)5-11(12,13)14/h4,6H,2-3,5H2,1H3,(H2,15,16,17,18,19). The number of anilines is 2. The van der Waals surface area contributed by atoms with Crippen LogP contribution in [-0.2, 0) is 0 Å². The number of alkyl halides is 3. The number of H-pyrrole nitrogens is 1. The molecule has 2 aromatic heterocycles. The monoisotopic (exact) mass is 286 g/mol. The highest BCUT2D eigenvalue weighted by Gasteiger charge is 2.39. The summed E-state index contributed by atoms with van der Waals surface area (Å²) < 4.78 is 38.3. The Balaban J connectivity index is 2.07. The van der Waals surface area contributed by atoms with E-state index < -0.39 is 12.7 Å². The molecule has 1 saturated carbocycles. The lowest BCUT2D eigenvalue weighted by Crippen LogP contribution is -2.36. The van der Waals surface area contributed by atoms with Gasteiger partial charge in [-0.15, -0.1) is 0 Å². The third-order valence-electron chi connectivity index (χ3n) is 3.12. The molecule has 0 aliphatic heterocycles. The van der Waals surface area contributed by atoms with Crippen LogP contribution in [0.25, 0.3) is 11.0 Å². The molecule has 0 spiro atoms. The van der Waals surface area contributed by atoms with E-state index >= 15 is 0 Å². The maximum atomic E-state index is 12.8. The molecule has 2 N–H and O–H groups in total. The molecule has 6 nitrogen and oxygen atoms in total. The van der Waals surface area contributed by atoms with Crippen LogP contribution >= 0.6 is 0 Å². The number of hydrogen-bond donors (Lipinski definition) is 2. The largest absolute Gasteiger partial charge is 0.405 e. The fourth-order valence-corrected chi connectivity index (χ4v) is 2.11. The van der Waals surface area contributed by atoms with E-state index in [1.807, 2.05) is 0 Å². The molecule has 0 saturated heterocycles. The van der Waals surface area contributed by atoms with Gasteiger partial charge in [0.05, 0.1) is 11.6 Å². The van der Waals surface area contributed by atoms with Gasteiger partial charge in [0, 0.05) is 13.1 Å². The van der Waals surface area contributed by atoms with Gasteiger partial charge in [0.15, 0.2) is 5.65 Å². The number of fused-ring (bicyclic) bond motifs is 1. The molecular weight excluding hydrogens is 273 g/mol. The van der Waals surface area contributed by atoms with Gasteiger partial charge < -0.3 is 10.2 Å². The molecule has 0 unspecified atom stereocenters. The highest BCUT2D eigenvalue weighted by Crippen LogP contribution is 2.36. The van der Waals surface area contributed by atoms with E-state index in [0.717, 1.165) is 12.8 Å². The molecule has 0 aromatic carbocycles. The van der Waals surface area contributed by atoms with Gasteiger partial charge in [-0.3, -0.25) is 5.10 Å². The number of nitrogens with one attached hydrogen (secondary N) is 2. The van der Waals surface area contributed by atoms with Crippen LogP contribution in [0.2, 0.25) is 0 Å². The van der Waals surface area contributed by atoms with Gasteiger partial charge in [-0.2, -0.15) is 28.2 Å². The molecule has 20 heavy (non-hydrogen) atoms. The van der Waals surface area contributed by atoms with E-state index in [4.69, 9.17) is 0 Å². The summed E-state index contributed by atoms with van der Waals surface area (Å²) in [6.45, 7) is -1.02. The van der Waals surface area contributed by atoms with Crippen molar-refractivity contribution >= 4 is 22.8 Å². The van der Waals surface area contributed by atoms with Crippen molar-refractivity contribution in [3.8, 4) is 0 Å². The van der Waals surface area contributed by atoms with Crippen molar-refractivity contribution in [1.82, 2.24) is 20.2 Å². The second-order valence-electron chi connectivity index (χ2n) is 4.73. The lowest BCUT2D eigenvalue weighted by atomic mass is 10.3. The van der Waals surface area contributed by atoms with Crippen LogP contribution in [0.3, 0.4) is 0 Å². The summed E-state index contributed by atoms with van der Waals surface area (Å²) in [4.78, 5) is 9.60. The molecular formula is C11H13F3N6. The van der Waals surface area contributed by atoms with Crippen molar-refractivity contribution in [3.05, 3.63) is 6.20 Å². The first-order valence-electron chi connectivity index (χ1n) is 6.20. The highest BCUT2D eigenvalue weighted by atomic mass is 19.4. The minimum atomic E-state index is -4.27. The Hall–Kier alpha value is -2.06. The molecule has 0 bridgehead atoms. The maximum absolute atomic E-state index is 12.8. The molecule has 1 fully saturated rings. The smallest absolute Gasteiger partial charge is 0.357 e. The Morgan fingerprint density at radius 3 is 2.75 bits per heavy atom. The van der Waals surface area contributed by atoms with Gasteiger partial charge in [0.25, 0.3) is 0 Å². The lowest BCUT2D eigenvalue weighted by Gasteiger charge is -2.25. The summed E-state index contributed by atoms with van der Waals surface area (Å²) in [6.07, 6.45) is -1.33. The molecule has 9 heteroatoms. The Morgan fingerprint density at radius 1 is 1.40 bits per heavy atom. The topological polar surface area (TPSA) is 69.7 Å². The summed E-state index contributed by atoms with van der Waals surface area (Å²) in [6, 6.07) is -0.116. The third kappa shape index (κ3) is 2.47. The number of aromatic nitrogens is 4. The zero-order chi connectivity index (χ0) is 14.3. The highest BCUT2D eigenvalue weighted by molar-refractivity contribution is 5.87. The Morgan fingerprint density at radius 2 is 2.15 bits per heavy atom. The van der Waals surface area contributed by atoms with E-state index in [-0.39, 0.29) is 17.8 Å². The van der Waals surface area contributed by atoms with Crippen LogP contribution in [0.4, 0.5) is 24.9 Å². The molecule has 0 amide bonds. The Bertz CT molecular complexity index is 618. The second-order valence-corrected chi connectivity index (χ2v) is 4.73. The third-order valence-corrected chi connectivity index (χ3v) is 3.12. The Kier molecular flexibility index (Phi) is 2.91. The first-order chi connectivity index (χ1) is 9.48. The molecule has 1 aliphatic carbocycles. The van der Waals surface area contributed by atoms with Crippen molar-refractivity contribution < 1.29 is 13.2 Å². The average Bonchev–Trinajstić information content (AvgIpc) is 3.11. The van der Waals surface area contributed by atoms with E-state index in [2.05, 4.69) is 25.5 Å². The van der Waals surface area contributed by atoms with Crippen molar-refractivity contribution in [3.63, 3.8) is 0 Å². The van der Waals surface area contributed by atoms with Crippen LogP contribution in [0.5, 0.6) is 0 Å². The predicted octanol–water partition coefficient (Wildman–Crippen LogP) is 1.93. The summed E-state index contributed by atoms with van der Waals surface area (Å²) in [5, 5.41) is 9.74. The first-order valence-corrected chi connectivity index (χ1v) is 6.20. The molecule has 2 heterocycles. The number of nitrogens with zero attached hydrogens (tertiary/aromatic N) is 4. The minimum absolute atomic E-state index is 0.116. The van der Waals surface area contributed by atoms with Gasteiger partial charge in [-0.25, -0.2) is 0 Å². The molecule has 0 atom stereocenters. The quantitative estimate of drug-likeness (QED) is 0.898. The van der Waals surface area contributed by atoms with Crippen molar-refractivity contribution in [1.29, 1.82) is 0 Å². The maximum Gasteiger partial charge on any atom is 0.405 e. The zero-order valence-electron chi connectivity index (χ0n) is 10.7. The lowest BCUT2D eigenvalue weighted by molar-refractivity contribution is -0.120. The van der Waals surface area contributed by atoms with Crippen LogP contribution < -0.4 is 10.2 Å². The molecule has 3 rings (SSSR count). The van der Waals surface area contributed by atoms with E-state index in [0.29, 0.717) is 11.0 Å². The van der Waals surface area contributed by atoms with E-state index in [1.54, 1.807) is 7.05 Å². The molecule has 0 radical (unpaired) electrons. The summed E-state index contributed by atoms with van der Waals surface area (Å²) in [5.74, 6) is 0.539. The molecule has 1 aliphatic rings. The van der Waals surface area contributed by atoms with Crippen molar-refractivity contribution in [2.45, 2.75) is 25.1 Å².